The lowest BCUT2D eigenvalue weighted by atomic mass is 10.0. The molecule has 2 aliphatic rings. The first-order chi connectivity index (χ1) is 9.83. The lowest BCUT2D eigenvalue weighted by Gasteiger charge is -2.38. The molecular formula is C15H19N3OS. The van der Waals surface area contributed by atoms with Crippen LogP contribution in [-0.2, 0) is 0 Å². The van der Waals surface area contributed by atoms with Crippen molar-refractivity contribution in [2.45, 2.75) is 50.4 Å². The summed E-state index contributed by atoms with van der Waals surface area (Å²) in [5.41, 5.74) is 2.13. The molecule has 4 nitrogen and oxygen atoms in total. The Morgan fingerprint density at radius 3 is 2.80 bits per heavy atom. The second kappa shape index (κ2) is 4.98. The van der Waals surface area contributed by atoms with Gasteiger partial charge in [-0.15, -0.1) is 11.3 Å². The van der Waals surface area contributed by atoms with Crippen molar-refractivity contribution in [1.82, 2.24) is 15.1 Å². The van der Waals surface area contributed by atoms with Gasteiger partial charge in [0.1, 0.15) is 6.23 Å². The number of hydrogen-bond acceptors (Lipinski definition) is 4. The molecule has 3 atom stereocenters. The van der Waals surface area contributed by atoms with Crippen LogP contribution in [0.5, 0.6) is 0 Å². The van der Waals surface area contributed by atoms with Gasteiger partial charge in [0.15, 0.2) is 0 Å². The Morgan fingerprint density at radius 2 is 2.10 bits per heavy atom. The first-order valence-corrected chi connectivity index (χ1v) is 8.24. The topological polar surface area (TPSA) is 52.2 Å². The predicted molar refractivity (Wildman–Crippen MR) is 79.4 cm³/mol. The summed E-state index contributed by atoms with van der Waals surface area (Å²) in [6.07, 6.45) is 9.59. The summed E-state index contributed by atoms with van der Waals surface area (Å²) < 4.78 is 0. The molecule has 3 unspecified atom stereocenters. The minimum Gasteiger partial charge on any atom is -0.374 e. The first kappa shape index (κ1) is 12.6. The van der Waals surface area contributed by atoms with Crippen molar-refractivity contribution in [3.8, 4) is 10.4 Å². The molecule has 2 fully saturated rings. The minimum atomic E-state index is -0.440. The molecule has 0 aromatic carbocycles. The van der Waals surface area contributed by atoms with Crippen molar-refractivity contribution in [2.75, 3.05) is 0 Å². The number of H-pyrrole nitrogens is 1. The molecule has 4 rings (SSSR count). The van der Waals surface area contributed by atoms with Crippen molar-refractivity contribution >= 4 is 11.3 Å². The summed E-state index contributed by atoms with van der Waals surface area (Å²) in [5, 5.41) is 19.7. The summed E-state index contributed by atoms with van der Waals surface area (Å²) in [7, 11) is 0. The minimum absolute atomic E-state index is 0.440. The van der Waals surface area contributed by atoms with Crippen LogP contribution in [-0.4, -0.2) is 32.3 Å². The molecule has 2 saturated heterocycles. The second-order valence-electron chi connectivity index (χ2n) is 5.87. The summed E-state index contributed by atoms with van der Waals surface area (Å²) in [4.78, 5) is 3.52. The predicted octanol–water partition coefficient (Wildman–Crippen LogP) is 3.15. The fraction of sp³-hybridized carbons (Fsp3) is 0.533. The number of aliphatic hydroxyl groups is 1. The summed E-state index contributed by atoms with van der Waals surface area (Å²) >= 11 is 1.68. The molecule has 0 saturated carbocycles. The number of rotatable bonds is 3. The van der Waals surface area contributed by atoms with E-state index in [1.807, 2.05) is 12.4 Å². The van der Waals surface area contributed by atoms with E-state index in [-0.39, 0.29) is 0 Å². The molecule has 2 aromatic rings. The second-order valence-corrected chi connectivity index (χ2v) is 6.78. The lowest BCUT2D eigenvalue weighted by Crippen LogP contribution is -2.42. The van der Waals surface area contributed by atoms with E-state index in [9.17, 15) is 5.11 Å². The number of thiophene rings is 1. The lowest BCUT2D eigenvalue weighted by molar-refractivity contribution is -0.0486. The van der Waals surface area contributed by atoms with Crippen LogP contribution in [0.25, 0.3) is 10.4 Å². The van der Waals surface area contributed by atoms with Gasteiger partial charge < -0.3 is 5.11 Å². The van der Waals surface area contributed by atoms with Crippen molar-refractivity contribution < 1.29 is 5.11 Å². The van der Waals surface area contributed by atoms with Crippen molar-refractivity contribution in [3.05, 3.63) is 29.4 Å². The molecule has 0 aliphatic carbocycles. The molecule has 5 heteroatoms. The van der Waals surface area contributed by atoms with Crippen molar-refractivity contribution in [1.29, 1.82) is 0 Å². The number of hydrogen-bond donors (Lipinski definition) is 2. The zero-order chi connectivity index (χ0) is 13.5. The number of nitrogens with one attached hydrogen (secondary N) is 1. The van der Waals surface area contributed by atoms with Gasteiger partial charge in [0.05, 0.1) is 6.20 Å². The highest BCUT2D eigenvalue weighted by Gasteiger charge is 2.40. The van der Waals surface area contributed by atoms with Gasteiger partial charge in [-0.1, -0.05) is 6.42 Å². The first-order valence-electron chi connectivity index (χ1n) is 7.36. The molecule has 0 amide bonds. The molecule has 106 valence electrons. The van der Waals surface area contributed by atoms with E-state index >= 15 is 0 Å². The molecule has 0 spiro atoms. The maximum absolute atomic E-state index is 10.7. The van der Waals surface area contributed by atoms with Crippen LogP contribution in [0, 0.1) is 0 Å². The van der Waals surface area contributed by atoms with E-state index in [0.717, 1.165) is 16.0 Å². The zero-order valence-corrected chi connectivity index (χ0v) is 12.1. The summed E-state index contributed by atoms with van der Waals surface area (Å²) in [6, 6.07) is 3.27. The van der Waals surface area contributed by atoms with E-state index in [1.165, 1.54) is 32.1 Å². The third kappa shape index (κ3) is 2.01. The van der Waals surface area contributed by atoms with Crippen molar-refractivity contribution in [2.24, 2.45) is 0 Å². The monoisotopic (exact) mass is 289 g/mol. The van der Waals surface area contributed by atoms with Gasteiger partial charge in [-0.3, -0.25) is 10.00 Å². The smallest absolute Gasteiger partial charge is 0.134 e. The highest BCUT2D eigenvalue weighted by Crippen LogP contribution is 2.41. The molecule has 0 radical (unpaired) electrons. The number of piperidine rings is 1. The van der Waals surface area contributed by atoms with Gasteiger partial charge in [0.2, 0.25) is 0 Å². The number of nitrogens with zero attached hydrogens (tertiary/aromatic N) is 2. The molecule has 4 heterocycles. The Balaban J connectivity index is 1.58. The van der Waals surface area contributed by atoms with Gasteiger partial charge in [-0.2, -0.15) is 5.10 Å². The quantitative estimate of drug-likeness (QED) is 0.912. The Morgan fingerprint density at radius 1 is 1.30 bits per heavy atom. The average molecular weight is 289 g/mol. The maximum atomic E-state index is 10.7. The molecule has 2 aromatic heterocycles. The number of fused-ring (bicyclic) bond motifs is 2. The Bertz CT molecular complexity index is 564. The summed E-state index contributed by atoms with van der Waals surface area (Å²) in [5.74, 6) is 0. The number of aliphatic hydroxyl groups excluding tert-OH is 1. The SMILES string of the molecule is OC(c1csc(-c2cn[nH]c2)c1)N1C2CCCC1CC2. The zero-order valence-electron chi connectivity index (χ0n) is 11.3. The highest BCUT2D eigenvalue weighted by molar-refractivity contribution is 7.13. The van der Waals surface area contributed by atoms with Crippen LogP contribution >= 0.6 is 11.3 Å². The Kier molecular flexibility index (Phi) is 3.13. The third-order valence-corrected chi connectivity index (χ3v) is 5.73. The van der Waals surface area contributed by atoms with E-state index < -0.39 is 6.23 Å². The molecule has 2 bridgehead atoms. The van der Waals surface area contributed by atoms with Crippen LogP contribution in [0.3, 0.4) is 0 Å². The summed E-state index contributed by atoms with van der Waals surface area (Å²) in [6.45, 7) is 0. The standard InChI is InChI=1S/C15H19N3OS/c19-15(18-12-2-1-3-13(18)5-4-12)10-6-14(20-9-10)11-7-16-17-8-11/h6-9,12-13,15,19H,1-5H2,(H,16,17). The van der Waals surface area contributed by atoms with Crippen LogP contribution in [0.2, 0.25) is 0 Å². The number of aromatic nitrogens is 2. The van der Waals surface area contributed by atoms with E-state index in [2.05, 4.69) is 26.5 Å². The highest BCUT2D eigenvalue weighted by atomic mass is 32.1. The largest absolute Gasteiger partial charge is 0.374 e. The van der Waals surface area contributed by atoms with E-state index in [0.29, 0.717) is 12.1 Å². The van der Waals surface area contributed by atoms with Gasteiger partial charge in [0.25, 0.3) is 0 Å². The Labute approximate surface area is 122 Å². The van der Waals surface area contributed by atoms with Gasteiger partial charge >= 0.3 is 0 Å². The average Bonchev–Trinajstić information content (AvgIpc) is 3.17. The van der Waals surface area contributed by atoms with E-state index in [4.69, 9.17) is 0 Å². The van der Waals surface area contributed by atoms with E-state index in [1.54, 1.807) is 11.3 Å². The van der Waals surface area contributed by atoms with Crippen LogP contribution < -0.4 is 0 Å². The molecule has 2 N–H and O–H groups in total. The number of aromatic amines is 1. The van der Waals surface area contributed by atoms with Crippen LogP contribution in [0.1, 0.15) is 43.9 Å². The van der Waals surface area contributed by atoms with Crippen molar-refractivity contribution in [3.63, 3.8) is 0 Å². The van der Waals surface area contributed by atoms with Gasteiger partial charge in [-0.05, 0) is 37.1 Å². The van der Waals surface area contributed by atoms with Crippen LogP contribution in [0.15, 0.2) is 23.8 Å². The third-order valence-electron chi connectivity index (χ3n) is 4.73. The van der Waals surface area contributed by atoms with Gasteiger partial charge in [0, 0.05) is 34.3 Å². The normalized spacial score (nSPS) is 27.9. The maximum Gasteiger partial charge on any atom is 0.134 e. The fourth-order valence-electron chi connectivity index (χ4n) is 3.75. The fourth-order valence-corrected chi connectivity index (χ4v) is 4.66. The Hall–Kier alpha value is -1.17. The van der Waals surface area contributed by atoms with Gasteiger partial charge in [-0.25, -0.2) is 0 Å². The molecular weight excluding hydrogens is 270 g/mol. The molecule has 2 aliphatic heterocycles. The molecule has 20 heavy (non-hydrogen) atoms. The van der Waals surface area contributed by atoms with Crippen LogP contribution in [0.4, 0.5) is 0 Å².